The van der Waals surface area contributed by atoms with E-state index in [1.807, 2.05) is 0 Å². The molecule has 1 aliphatic heterocycles. The zero-order valence-electron chi connectivity index (χ0n) is 20.1. The topological polar surface area (TPSA) is 84.9 Å². The minimum Gasteiger partial charge on any atom is -0.493 e. The molecule has 5 aliphatic carbocycles. The van der Waals surface area contributed by atoms with Gasteiger partial charge in [0.1, 0.15) is 11.6 Å². The van der Waals surface area contributed by atoms with Crippen LogP contribution in [0.4, 0.5) is 4.39 Å². The lowest BCUT2D eigenvalue weighted by Crippen LogP contribution is -2.68. The van der Waals surface area contributed by atoms with Gasteiger partial charge in [-0.1, -0.05) is 0 Å². The molecule has 0 radical (unpaired) electrons. The first kappa shape index (κ1) is 22.5. The van der Waals surface area contributed by atoms with Crippen LogP contribution in [0.15, 0.2) is 12.1 Å². The molecule has 5 saturated carbocycles. The third kappa shape index (κ3) is 3.13. The van der Waals surface area contributed by atoms with Crippen molar-refractivity contribution in [3.8, 4) is 5.75 Å². The molecule has 6 aliphatic rings. The van der Waals surface area contributed by atoms with E-state index in [1.165, 1.54) is 55.7 Å². The number of carbonyl (C=O) groups excluding carboxylic acids is 1. The van der Waals surface area contributed by atoms with Gasteiger partial charge < -0.3 is 9.47 Å². The zero-order chi connectivity index (χ0) is 24.2. The second-order valence-corrected chi connectivity index (χ2v) is 13.7. The van der Waals surface area contributed by atoms with E-state index in [4.69, 9.17) is 9.47 Å². The van der Waals surface area contributed by atoms with Crippen molar-refractivity contribution in [1.29, 1.82) is 0 Å². The fourth-order valence-electron chi connectivity index (χ4n) is 8.80. The van der Waals surface area contributed by atoms with Crippen molar-refractivity contribution in [3.63, 3.8) is 0 Å². The second-order valence-electron chi connectivity index (χ2n) is 12.0. The van der Waals surface area contributed by atoms with Gasteiger partial charge in [0.25, 0.3) is 5.91 Å². The molecule has 0 aromatic heterocycles. The van der Waals surface area contributed by atoms with Gasteiger partial charge in [0, 0.05) is 31.7 Å². The average molecular weight is 505 g/mol. The molecule has 6 fully saturated rings. The molecular formula is C26H33FN2O5S. The lowest BCUT2D eigenvalue weighted by molar-refractivity contribution is -0.254. The number of carbonyl (C=O) groups is 1. The van der Waals surface area contributed by atoms with Gasteiger partial charge in [-0.2, -0.15) is 12.7 Å². The third-order valence-corrected chi connectivity index (χ3v) is 11.9. The van der Waals surface area contributed by atoms with Crippen molar-refractivity contribution in [2.45, 2.75) is 63.4 Å². The Morgan fingerprint density at radius 3 is 2.69 bits per heavy atom. The summed E-state index contributed by atoms with van der Waals surface area (Å²) in [6.45, 7) is 1.06. The third-order valence-electron chi connectivity index (χ3n) is 10.4. The van der Waals surface area contributed by atoms with Gasteiger partial charge in [0.05, 0.1) is 18.3 Å². The Kier molecular flexibility index (Phi) is 4.76. The summed E-state index contributed by atoms with van der Waals surface area (Å²) in [6.07, 6.45) is 8.89. The fraction of sp³-hybridized carbons (Fsp3) is 0.731. The van der Waals surface area contributed by atoms with Gasteiger partial charge in [-0.15, -0.1) is 0 Å². The summed E-state index contributed by atoms with van der Waals surface area (Å²) in [4.78, 5) is 12.9. The van der Waals surface area contributed by atoms with E-state index in [1.54, 1.807) is 0 Å². The van der Waals surface area contributed by atoms with E-state index in [0.717, 1.165) is 36.2 Å². The number of nitrogens with one attached hydrogen (secondary N) is 1. The summed E-state index contributed by atoms with van der Waals surface area (Å²) in [7, 11) is -2.54. The molecule has 5 unspecified atom stereocenters. The Morgan fingerprint density at radius 2 is 2.00 bits per heavy atom. The molecule has 1 aromatic rings. The first-order chi connectivity index (χ1) is 16.7. The summed E-state index contributed by atoms with van der Waals surface area (Å²) < 4.78 is 55.4. The maximum Gasteiger partial charge on any atom is 0.304 e. The Bertz CT molecular complexity index is 1200. The molecule has 7 nitrogen and oxygen atoms in total. The number of hydrogen-bond acceptors (Lipinski definition) is 5. The normalized spacial score (nSPS) is 39.1. The highest BCUT2D eigenvalue weighted by molar-refractivity contribution is 7.87. The van der Waals surface area contributed by atoms with Crippen molar-refractivity contribution in [3.05, 3.63) is 29.1 Å². The van der Waals surface area contributed by atoms with Crippen LogP contribution in [0.25, 0.3) is 0 Å². The summed E-state index contributed by atoms with van der Waals surface area (Å²) in [5.41, 5.74) is 1.32. The first-order valence-electron chi connectivity index (χ1n) is 13.1. The van der Waals surface area contributed by atoms with E-state index in [9.17, 15) is 13.2 Å². The predicted molar refractivity (Wildman–Crippen MR) is 126 cm³/mol. The van der Waals surface area contributed by atoms with Gasteiger partial charge >= 0.3 is 10.2 Å². The molecule has 190 valence electrons. The minimum absolute atomic E-state index is 0.174. The summed E-state index contributed by atoms with van der Waals surface area (Å²) >= 11 is 0. The maximum atomic E-state index is 15.2. The second kappa shape index (κ2) is 7.42. The molecule has 1 heterocycles. The summed E-state index contributed by atoms with van der Waals surface area (Å²) in [5.74, 6) is 1.64. The number of benzene rings is 1. The highest BCUT2D eigenvalue weighted by Crippen LogP contribution is 2.86. The van der Waals surface area contributed by atoms with Crippen LogP contribution < -0.4 is 9.46 Å². The van der Waals surface area contributed by atoms with Crippen LogP contribution >= 0.6 is 0 Å². The van der Waals surface area contributed by atoms with Crippen molar-refractivity contribution in [2.75, 3.05) is 26.8 Å². The average Bonchev–Trinajstić information content (AvgIpc) is 3.30. The van der Waals surface area contributed by atoms with Crippen LogP contribution in [-0.2, 0) is 14.9 Å². The number of ether oxygens (including phenoxy) is 2. The molecule has 35 heavy (non-hydrogen) atoms. The molecule has 1 saturated heterocycles. The fourth-order valence-corrected chi connectivity index (χ4v) is 9.98. The zero-order valence-corrected chi connectivity index (χ0v) is 20.9. The van der Waals surface area contributed by atoms with Crippen LogP contribution in [-0.4, -0.2) is 51.5 Å². The van der Waals surface area contributed by atoms with Crippen LogP contribution in [0, 0.1) is 34.4 Å². The number of nitrogens with zero attached hydrogens (tertiary/aromatic N) is 1. The molecular weight excluding hydrogens is 471 g/mol. The monoisotopic (exact) mass is 504 g/mol. The van der Waals surface area contributed by atoms with E-state index in [-0.39, 0.29) is 36.1 Å². The molecule has 6 atom stereocenters. The molecule has 1 N–H and O–H groups in total. The van der Waals surface area contributed by atoms with Gasteiger partial charge in [0.2, 0.25) is 0 Å². The Labute approximate surface area is 205 Å². The van der Waals surface area contributed by atoms with Gasteiger partial charge in [-0.25, -0.2) is 9.11 Å². The first-order valence-corrected chi connectivity index (χ1v) is 14.5. The molecule has 1 spiro atoms. The van der Waals surface area contributed by atoms with Crippen LogP contribution in [0.3, 0.4) is 0 Å². The summed E-state index contributed by atoms with van der Waals surface area (Å²) in [5, 5.41) is 0. The van der Waals surface area contributed by atoms with Crippen molar-refractivity contribution in [2.24, 2.45) is 28.6 Å². The SMILES string of the molecule is CO[C@H]1CCN(S(=O)(=O)NC(=O)c2cc(C3CC3)c(OCC34CC5CC6CC(C3)C64C5)cc2F)C1. The Balaban J connectivity index is 1.09. The smallest absolute Gasteiger partial charge is 0.304 e. The molecule has 7 rings (SSSR count). The van der Waals surface area contributed by atoms with Crippen LogP contribution in [0.2, 0.25) is 0 Å². The Hall–Kier alpha value is -1.71. The molecule has 1 amide bonds. The maximum absolute atomic E-state index is 15.2. The number of amides is 1. The van der Waals surface area contributed by atoms with Gasteiger partial charge in [-0.3, -0.25) is 4.79 Å². The lowest BCUT2D eigenvalue weighted by atomic mass is 9.32. The lowest BCUT2D eigenvalue weighted by Gasteiger charge is -2.72. The number of rotatable bonds is 8. The van der Waals surface area contributed by atoms with Gasteiger partial charge in [0.15, 0.2) is 0 Å². The number of hydrogen-bond donors (Lipinski definition) is 1. The van der Waals surface area contributed by atoms with Crippen LogP contribution in [0.1, 0.15) is 73.2 Å². The molecule has 2 bridgehead atoms. The highest BCUT2D eigenvalue weighted by atomic mass is 32.2. The number of halogens is 1. The quantitative estimate of drug-likeness (QED) is 0.585. The minimum atomic E-state index is -4.07. The van der Waals surface area contributed by atoms with E-state index in [2.05, 4.69) is 4.72 Å². The van der Waals surface area contributed by atoms with E-state index < -0.39 is 21.9 Å². The van der Waals surface area contributed by atoms with Crippen molar-refractivity contribution in [1.82, 2.24) is 9.03 Å². The highest BCUT2D eigenvalue weighted by Gasteiger charge is 2.80. The standard InChI is InChI=1S/C26H33FN2O5S/c1-33-19-4-5-29(13-19)35(31,32)28-24(30)21-8-20(16-2-3-16)23(9-22(21)27)34-14-25-10-15-6-17-7-18(12-25)26(17,25)11-15/h8-9,15-19H,2-7,10-14H2,1H3,(H,28,30)/t15?,17?,18?,19-,25?,26?/m0/s1. The van der Waals surface area contributed by atoms with E-state index in [0.29, 0.717) is 24.2 Å². The van der Waals surface area contributed by atoms with Crippen LogP contribution in [0.5, 0.6) is 5.75 Å². The largest absolute Gasteiger partial charge is 0.493 e. The molecule has 9 heteroatoms. The Morgan fingerprint density at radius 1 is 1.17 bits per heavy atom. The van der Waals surface area contributed by atoms with Gasteiger partial charge in [-0.05, 0) is 92.1 Å². The number of fused-ring (bicyclic) bond motifs is 1. The summed E-state index contributed by atoms with van der Waals surface area (Å²) in [6, 6.07) is 2.82. The van der Waals surface area contributed by atoms with E-state index >= 15 is 4.39 Å². The number of methoxy groups -OCH3 is 1. The predicted octanol–water partition coefficient (Wildman–Crippen LogP) is 3.60. The van der Waals surface area contributed by atoms with Crippen molar-refractivity contribution < 1.29 is 27.1 Å². The van der Waals surface area contributed by atoms with Crippen molar-refractivity contribution >= 4 is 16.1 Å². The molecule has 1 aromatic carbocycles.